The molecule has 5 N–H and O–H groups in total. The van der Waals surface area contributed by atoms with Crippen LogP contribution < -0.4 is 26.8 Å². The molecule has 0 bridgehead atoms. The number of hydrogen-bond acceptors (Lipinski definition) is 10. The Morgan fingerprint density at radius 2 is 1.74 bits per heavy atom. The van der Waals surface area contributed by atoms with Crippen LogP contribution >= 0.6 is 0 Å². The number of hydrogen-bond donors (Lipinski definition) is 4. The molecule has 2 aromatic carbocycles. The summed E-state index contributed by atoms with van der Waals surface area (Å²) in [6, 6.07) is 13.6. The molecule has 0 unspecified atom stereocenters. The highest BCUT2D eigenvalue weighted by molar-refractivity contribution is 5.94. The van der Waals surface area contributed by atoms with Crippen LogP contribution in [0.2, 0.25) is 0 Å². The highest BCUT2D eigenvalue weighted by Crippen LogP contribution is 2.32. The SMILES string of the molecule is CC(=O)Nc1ccc(-c2nnc(-c3ccc(N4CCC(N)CC4)cc3)o2)cc1Nc1nc2c(ncn2C(C)C)c(=O)[nH]1. The number of imidazole rings is 1. The van der Waals surface area contributed by atoms with Crippen molar-refractivity contribution in [3.8, 4) is 22.9 Å². The predicted octanol–water partition coefficient (Wildman–Crippen LogP) is 4.05. The number of benzene rings is 2. The van der Waals surface area contributed by atoms with E-state index >= 15 is 0 Å². The summed E-state index contributed by atoms with van der Waals surface area (Å²) >= 11 is 0. The van der Waals surface area contributed by atoms with E-state index < -0.39 is 0 Å². The number of rotatable bonds is 7. The zero-order valence-corrected chi connectivity index (χ0v) is 23.6. The van der Waals surface area contributed by atoms with Gasteiger partial charge in [-0.25, -0.2) is 4.98 Å². The monoisotopic (exact) mass is 568 g/mol. The van der Waals surface area contributed by atoms with E-state index in [1.54, 1.807) is 24.5 Å². The van der Waals surface area contributed by atoms with Gasteiger partial charge in [0, 0.05) is 48.9 Å². The van der Waals surface area contributed by atoms with Crippen LogP contribution in [0.25, 0.3) is 34.1 Å². The molecule has 13 nitrogen and oxygen atoms in total. The molecular weight excluding hydrogens is 536 g/mol. The molecule has 1 fully saturated rings. The van der Waals surface area contributed by atoms with Gasteiger partial charge in [0.15, 0.2) is 11.2 Å². The molecular formula is C29H32N10O3. The summed E-state index contributed by atoms with van der Waals surface area (Å²) in [4.78, 5) is 38.5. The first-order valence-corrected chi connectivity index (χ1v) is 13.9. The second kappa shape index (κ2) is 11.1. The molecule has 216 valence electrons. The Bertz CT molecular complexity index is 1800. The zero-order chi connectivity index (χ0) is 29.4. The van der Waals surface area contributed by atoms with Crippen LogP contribution in [0.15, 0.2) is 58.0 Å². The maximum absolute atomic E-state index is 12.7. The number of anilines is 4. The van der Waals surface area contributed by atoms with Gasteiger partial charge in [0.2, 0.25) is 23.6 Å². The van der Waals surface area contributed by atoms with Gasteiger partial charge in [-0.2, -0.15) is 4.98 Å². The standard InChI is InChI=1S/C29H32N10O3/c1-16(2)39-15-31-24-25(39)34-29(35-26(24)41)33-23-14-19(6-9-22(23)32-17(3)40)28-37-36-27(42-28)18-4-7-21(8-5-18)38-12-10-20(30)11-13-38/h4-9,14-16,20H,10-13,30H2,1-3H3,(H,32,40)(H2,33,34,35,41). The summed E-state index contributed by atoms with van der Waals surface area (Å²) in [5.74, 6) is 0.625. The number of carbonyl (C=O) groups excluding carboxylic acids is 1. The van der Waals surface area contributed by atoms with Gasteiger partial charge in [0.25, 0.3) is 5.56 Å². The Kier molecular flexibility index (Phi) is 7.17. The van der Waals surface area contributed by atoms with Crippen LogP contribution in [0.1, 0.15) is 39.7 Å². The number of aromatic nitrogens is 6. The van der Waals surface area contributed by atoms with E-state index in [4.69, 9.17) is 10.2 Å². The molecule has 1 saturated heterocycles. The van der Waals surface area contributed by atoms with E-state index in [0.717, 1.165) is 37.2 Å². The van der Waals surface area contributed by atoms with Gasteiger partial charge >= 0.3 is 0 Å². The number of nitrogens with zero attached hydrogens (tertiary/aromatic N) is 6. The number of nitrogens with two attached hydrogens (primary N) is 1. The van der Waals surface area contributed by atoms with Gasteiger partial charge < -0.3 is 30.3 Å². The Morgan fingerprint density at radius 3 is 2.43 bits per heavy atom. The maximum atomic E-state index is 12.7. The lowest BCUT2D eigenvalue weighted by atomic mass is 10.1. The molecule has 4 heterocycles. The van der Waals surface area contributed by atoms with Crippen LogP contribution in [0.5, 0.6) is 0 Å². The van der Waals surface area contributed by atoms with Crippen molar-refractivity contribution in [2.75, 3.05) is 28.6 Å². The molecule has 0 radical (unpaired) electrons. The fourth-order valence-corrected chi connectivity index (χ4v) is 5.00. The summed E-state index contributed by atoms with van der Waals surface area (Å²) in [6.45, 7) is 7.25. The molecule has 42 heavy (non-hydrogen) atoms. The average Bonchev–Trinajstić information content (AvgIpc) is 3.63. The number of aromatic amines is 1. The lowest BCUT2D eigenvalue weighted by molar-refractivity contribution is -0.114. The number of carbonyl (C=O) groups is 1. The summed E-state index contributed by atoms with van der Waals surface area (Å²) in [5, 5.41) is 14.4. The van der Waals surface area contributed by atoms with Crippen molar-refractivity contribution in [3.63, 3.8) is 0 Å². The number of H-pyrrole nitrogens is 1. The fourth-order valence-electron chi connectivity index (χ4n) is 5.00. The van der Waals surface area contributed by atoms with Crippen molar-refractivity contribution in [1.29, 1.82) is 0 Å². The first-order chi connectivity index (χ1) is 20.2. The zero-order valence-electron chi connectivity index (χ0n) is 23.6. The first kappa shape index (κ1) is 27.1. The largest absolute Gasteiger partial charge is 0.416 e. The van der Waals surface area contributed by atoms with Gasteiger partial charge in [0.1, 0.15) is 0 Å². The van der Waals surface area contributed by atoms with E-state index in [0.29, 0.717) is 34.4 Å². The van der Waals surface area contributed by atoms with E-state index in [1.807, 2.05) is 30.5 Å². The minimum atomic E-state index is -0.379. The summed E-state index contributed by atoms with van der Waals surface area (Å²) < 4.78 is 7.85. The molecule has 0 atom stereocenters. The van der Waals surface area contributed by atoms with E-state index in [2.05, 4.69) is 52.8 Å². The summed E-state index contributed by atoms with van der Waals surface area (Å²) in [7, 11) is 0. The van der Waals surface area contributed by atoms with Crippen molar-refractivity contribution in [3.05, 3.63) is 59.1 Å². The van der Waals surface area contributed by atoms with E-state index in [-0.39, 0.29) is 35.0 Å². The van der Waals surface area contributed by atoms with Crippen molar-refractivity contribution in [2.45, 2.75) is 45.7 Å². The van der Waals surface area contributed by atoms with Gasteiger partial charge in [-0.3, -0.25) is 14.6 Å². The molecule has 0 spiro atoms. The number of amides is 1. The minimum absolute atomic E-state index is 0.0574. The Morgan fingerprint density at radius 1 is 1.05 bits per heavy atom. The van der Waals surface area contributed by atoms with Gasteiger partial charge in [0.05, 0.1) is 17.7 Å². The quantitative estimate of drug-likeness (QED) is 0.224. The molecule has 0 saturated carbocycles. The van der Waals surface area contributed by atoms with Crippen LogP contribution in [0, 0.1) is 0 Å². The summed E-state index contributed by atoms with van der Waals surface area (Å²) in [5.41, 5.74) is 9.87. The highest BCUT2D eigenvalue weighted by Gasteiger charge is 2.18. The molecule has 5 aromatic rings. The molecule has 1 aliphatic rings. The lowest BCUT2D eigenvalue weighted by Crippen LogP contribution is -2.39. The Balaban J connectivity index is 1.28. The average molecular weight is 569 g/mol. The molecule has 1 amide bonds. The molecule has 0 aliphatic carbocycles. The third-order valence-corrected chi connectivity index (χ3v) is 7.26. The van der Waals surface area contributed by atoms with Crippen LogP contribution in [-0.4, -0.2) is 54.8 Å². The van der Waals surface area contributed by atoms with Crippen LogP contribution in [-0.2, 0) is 4.79 Å². The second-order valence-corrected chi connectivity index (χ2v) is 10.7. The van der Waals surface area contributed by atoms with Gasteiger partial charge in [-0.15, -0.1) is 10.2 Å². The van der Waals surface area contributed by atoms with Crippen molar-refractivity contribution in [1.82, 2.24) is 29.7 Å². The molecule has 13 heteroatoms. The third kappa shape index (κ3) is 5.46. The highest BCUT2D eigenvalue weighted by atomic mass is 16.4. The Hall–Kier alpha value is -5.04. The fraction of sp³-hybridized carbons (Fsp3) is 0.310. The first-order valence-electron chi connectivity index (χ1n) is 13.9. The van der Waals surface area contributed by atoms with Gasteiger partial charge in [-0.05, 0) is 69.2 Å². The van der Waals surface area contributed by atoms with Crippen molar-refractivity contribution >= 4 is 40.1 Å². The van der Waals surface area contributed by atoms with Crippen molar-refractivity contribution < 1.29 is 9.21 Å². The number of fused-ring (bicyclic) bond motifs is 1. The molecule has 6 rings (SSSR count). The number of piperidine rings is 1. The number of nitrogens with one attached hydrogen (secondary N) is 3. The van der Waals surface area contributed by atoms with E-state index in [1.165, 1.54) is 6.92 Å². The minimum Gasteiger partial charge on any atom is -0.416 e. The smallest absolute Gasteiger partial charge is 0.280 e. The Labute approximate surface area is 241 Å². The van der Waals surface area contributed by atoms with Crippen LogP contribution in [0.3, 0.4) is 0 Å². The molecule has 1 aliphatic heterocycles. The maximum Gasteiger partial charge on any atom is 0.280 e. The summed E-state index contributed by atoms with van der Waals surface area (Å²) in [6.07, 6.45) is 3.56. The normalized spacial score (nSPS) is 14.1. The van der Waals surface area contributed by atoms with E-state index in [9.17, 15) is 9.59 Å². The predicted molar refractivity (Wildman–Crippen MR) is 161 cm³/mol. The molecule has 3 aromatic heterocycles. The second-order valence-electron chi connectivity index (χ2n) is 10.7. The lowest BCUT2D eigenvalue weighted by Gasteiger charge is -2.32. The van der Waals surface area contributed by atoms with Gasteiger partial charge in [-0.1, -0.05) is 0 Å². The topological polar surface area (TPSA) is 173 Å². The van der Waals surface area contributed by atoms with Crippen molar-refractivity contribution in [2.24, 2.45) is 5.73 Å². The van der Waals surface area contributed by atoms with Crippen LogP contribution in [0.4, 0.5) is 23.0 Å². The third-order valence-electron chi connectivity index (χ3n) is 7.26.